The minimum absolute atomic E-state index is 0.510. The summed E-state index contributed by atoms with van der Waals surface area (Å²) in [6, 6.07) is 29.4. The number of hydrogen-bond acceptors (Lipinski definition) is 2. The van der Waals surface area contributed by atoms with Crippen LogP contribution in [0.2, 0.25) is 0 Å². The summed E-state index contributed by atoms with van der Waals surface area (Å²) < 4.78 is 13.8. The Labute approximate surface area is 178 Å². The summed E-state index contributed by atoms with van der Waals surface area (Å²) in [6.45, 7) is 0. The lowest BCUT2D eigenvalue weighted by molar-refractivity contribution is 0.399. The molecule has 6 rings (SSSR count). The van der Waals surface area contributed by atoms with Crippen molar-refractivity contribution in [3.05, 3.63) is 112 Å². The fourth-order valence-electron chi connectivity index (χ4n) is 4.81. The number of ether oxygens (including phenoxy) is 2. The van der Waals surface area contributed by atoms with E-state index < -0.39 is 5.41 Å². The van der Waals surface area contributed by atoms with Gasteiger partial charge >= 0.3 is 0 Å². The molecule has 4 heteroatoms. The van der Waals surface area contributed by atoms with Crippen LogP contribution in [0.3, 0.4) is 0 Å². The van der Waals surface area contributed by atoms with Crippen LogP contribution in [0.15, 0.2) is 89.4 Å². The third kappa shape index (κ3) is 2.12. The van der Waals surface area contributed by atoms with Crippen molar-refractivity contribution in [1.82, 2.24) is 0 Å². The van der Waals surface area contributed by atoms with Crippen LogP contribution in [0.5, 0.6) is 23.0 Å². The molecular weight excluding hydrogens is 423 g/mol. The second kappa shape index (κ2) is 6.01. The van der Waals surface area contributed by atoms with E-state index in [1.807, 2.05) is 18.2 Å². The lowest BCUT2D eigenvalue weighted by Crippen LogP contribution is -2.38. The average Bonchev–Trinajstić information content (AvgIpc) is 2.75. The standard InChI is InChI=1S/C25H16BBrO2/c26-19-11-5-9-17-23(19)29-24-18(10-6-12-20(24)27)25(17)15-7-1-3-13-21(15)28-22-14-4-2-8-16(22)25/h1-14H,26H2. The van der Waals surface area contributed by atoms with Crippen LogP contribution in [0.25, 0.3) is 0 Å². The van der Waals surface area contributed by atoms with Crippen LogP contribution in [0, 0.1) is 0 Å². The average molecular weight is 439 g/mol. The Kier molecular flexibility index (Phi) is 3.51. The summed E-state index contributed by atoms with van der Waals surface area (Å²) in [5.74, 6) is 3.54. The molecular formula is C25H16BBrO2. The molecule has 2 aliphatic heterocycles. The van der Waals surface area contributed by atoms with E-state index in [-0.39, 0.29) is 0 Å². The topological polar surface area (TPSA) is 18.5 Å². The maximum atomic E-state index is 6.51. The van der Waals surface area contributed by atoms with Crippen molar-refractivity contribution in [2.75, 3.05) is 0 Å². The van der Waals surface area contributed by atoms with Crippen molar-refractivity contribution in [2.45, 2.75) is 5.41 Å². The summed E-state index contributed by atoms with van der Waals surface area (Å²) in [5.41, 5.74) is 5.13. The molecule has 0 amide bonds. The van der Waals surface area contributed by atoms with E-state index in [0.29, 0.717) is 0 Å². The van der Waals surface area contributed by atoms with Gasteiger partial charge in [0, 0.05) is 22.3 Å². The first-order chi connectivity index (χ1) is 14.2. The highest BCUT2D eigenvalue weighted by Gasteiger charge is 2.50. The predicted octanol–water partition coefficient (Wildman–Crippen LogP) is 5.30. The predicted molar refractivity (Wildman–Crippen MR) is 121 cm³/mol. The third-order valence-corrected chi connectivity index (χ3v) is 6.62. The fourth-order valence-corrected chi connectivity index (χ4v) is 5.26. The Hall–Kier alpha value is -2.98. The Bertz CT molecular complexity index is 1200. The van der Waals surface area contributed by atoms with Gasteiger partial charge in [-0.3, -0.25) is 0 Å². The Morgan fingerprint density at radius 3 is 1.83 bits per heavy atom. The molecule has 4 aromatic carbocycles. The molecule has 2 heterocycles. The molecule has 0 saturated heterocycles. The molecule has 0 aromatic heterocycles. The van der Waals surface area contributed by atoms with Gasteiger partial charge in [0.05, 0.1) is 9.89 Å². The van der Waals surface area contributed by atoms with Crippen LogP contribution in [-0.4, -0.2) is 7.85 Å². The highest BCUT2D eigenvalue weighted by molar-refractivity contribution is 9.10. The van der Waals surface area contributed by atoms with E-state index >= 15 is 0 Å². The van der Waals surface area contributed by atoms with Gasteiger partial charge < -0.3 is 9.47 Å². The SMILES string of the molecule is Bc1cccc2c1Oc1c(Br)cccc1C21c2ccccc2Oc2ccccc21. The molecule has 0 atom stereocenters. The highest BCUT2D eigenvalue weighted by Crippen LogP contribution is 2.61. The van der Waals surface area contributed by atoms with Gasteiger partial charge in [0.2, 0.25) is 0 Å². The van der Waals surface area contributed by atoms with Gasteiger partial charge in [-0.25, -0.2) is 0 Å². The van der Waals surface area contributed by atoms with Gasteiger partial charge in [-0.15, -0.1) is 0 Å². The largest absolute Gasteiger partial charge is 0.457 e. The number of hydrogen-bond donors (Lipinski definition) is 0. The summed E-state index contributed by atoms with van der Waals surface area (Å²) in [5, 5.41) is 0. The first kappa shape index (κ1) is 16.9. The van der Waals surface area contributed by atoms with E-state index in [4.69, 9.17) is 9.47 Å². The lowest BCUT2D eigenvalue weighted by Gasteiger charge is -2.45. The summed E-state index contributed by atoms with van der Waals surface area (Å²) in [7, 11) is 2.10. The molecule has 4 aromatic rings. The zero-order valence-corrected chi connectivity index (χ0v) is 17.4. The number of para-hydroxylation sites is 4. The van der Waals surface area contributed by atoms with Crippen molar-refractivity contribution in [3.8, 4) is 23.0 Å². The van der Waals surface area contributed by atoms with E-state index in [1.165, 1.54) is 0 Å². The first-order valence-electron chi connectivity index (χ1n) is 9.65. The molecule has 0 radical (unpaired) electrons. The van der Waals surface area contributed by atoms with E-state index in [1.54, 1.807) is 0 Å². The molecule has 0 N–H and O–H groups in total. The molecule has 0 saturated carbocycles. The van der Waals surface area contributed by atoms with E-state index in [0.717, 1.165) is 55.2 Å². The molecule has 0 fully saturated rings. The molecule has 0 unspecified atom stereocenters. The van der Waals surface area contributed by atoms with Crippen molar-refractivity contribution in [1.29, 1.82) is 0 Å². The van der Waals surface area contributed by atoms with Gasteiger partial charge in [0.1, 0.15) is 30.8 Å². The molecule has 0 bridgehead atoms. The maximum absolute atomic E-state index is 6.51. The van der Waals surface area contributed by atoms with Crippen molar-refractivity contribution in [3.63, 3.8) is 0 Å². The number of fused-ring (bicyclic) bond motifs is 8. The molecule has 2 nitrogen and oxygen atoms in total. The van der Waals surface area contributed by atoms with Crippen LogP contribution in [0.1, 0.15) is 22.3 Å². The number of rotatable bonds is 0. The monoisotopic (exact) mass is 438 g/mol. The highest BCUT2D eigenvalue weighted by atomic mass is 79.9. The van der Waals surface area contributed by atoms with Gasteiger partial charge in [0.25, 0.3) is 0 Å². The number of halogens is 1. The smallest absolute Gasteiger partial charge is 0.146 e. The van der Waals surface area contributed by atoms with Gasteiger partial charge in [-0.2, -0.15) is 0 Å². The lowest BCUT2D eigenvalue weighted by atomic mass is 9.61. The molecule has 2 aliphatic rings. The molecule has 138 valence electrons. The number of benzene rings is 4. The second-order valence-electron chi connectivity index (χ2n) is 7.51. The second-order valence-corrected chi connectivity index (χ2v) is 8.37. The van der Waals surface area contributed by atoms with Crippen LogP contribution < -0.4 is 14.9 Å². The van der Waals surface area contributed by atoms with Crippen molar-refractivity contribution in [2.24, 2.45) is 0 Å². The minimum atomic E-state index is -0.510. The van der Waals surface area contributed by atoms with Gasteiger partial charge in [0.15, 0.2) is 0 Å². The quantitative estimate of drug-likeness (QED) is 0.299. The third-order valence-electron chi connectivity index (χ3n) is 5.99. The zero-order chi connectivity index (χ0) is 19.6. The van der Waals surface area contributed by atoms with Gasteiger partial charge in [-0.05, 0) is 39.6 Å². The molecule has 1 spiro atoms. The first-order valence-corrected chi connectivity index (χ1v) is 10.4. The Balaban J connectivity index is 1.87. The maximum Gasteiger partial charge on any atom is 0.146 e. The van der Waals surface area contributed by atoms with Crippen LogP contribution in [-0.2, 0) is 5.41 Å². The summed E-state index contributed by atoms with van der Waals surface area (Å²) in [4.78, 5) is 0. The molecule has 29 heavy (non-hydrogen) atoms. The zero-order valence-electron chi connectivity index (χ0n) is 15.8. The summed E-state index contributed by atoms with van der Waals surface area (Å²) >= 11 is 3.73. The van der Waals surface area contributed by atoms with Crippen LogP contribution in [0.4, 0.5) is 0 Å². The minimum Gasteiger partial charge on any atom is -0.457 e. The normalized spacial score (nSPS) is 14.7. The van der Waals surface area contributed by atoms with Crippen LogP contribution >= 0.6 is 15.9 Å². The summed E-state index contributed by atoms with van der Waals surface area (Å²) in [6.07, 6.45) is 0. The van der Waals surface area contributed by atoms with Crippen molar-refractivity contribution >= 4 is 29.2 Å². The van der Waals surface area contributed by atoms with E-state index in [9.17, 15) is 0 Å². The Morgan fingerprint density at radius 1 is 0.586 bits per heavy atom. The van der Waals surface area contributed by atoms with E-state index in [2.05, 4.69) is 90.5 Å². The van der Waals surface area contributed by atoms with Crippen molar-refractivity contribution < 1.29 is 9.47 Å². The Morgan fingerprint density at radius 2 is 1.14 bits per heavy atom. The van der Waals surface area contributed by atoms with Gasteiger partial charge in [-0.1, -0.05) is 66.7 Å². The molecule has 0 aliphatic carbocycles. The fraction of sp³-hybridized carbons (Fsp3) is 0.0400.